The zero-order valence-corrected chi connectivity index (χ0v) is 9.84. The molecule has 0 aromatic carbocycles. The molecule has 0 saturated carbocycles. The minimum Gasteiger partial charge on any atom is -0.479 e. The third-order valence-electron chi connectivity index (χ3n) is 1.86. The first-order chi connectivity index (χ1) is 7.52. The summed E-state index contributed by atoms with van der Waals surface area (Å²) in [5.41, 5.74) is 1.44. The first-order valence-electron chi connectivity index (χ1n) is 4.80. The van der Waals surface area contributed by atoms with Crippen LogP contribution in [0.5, 0.6) is 6.01 Å². The van der Waals surface area contributed by atoms with Crippen molar-refractivity contribution in [3.63, 3.8) is 0 Å². The van der Waals surface area contributed by atoms with Gasteiger partial charge in [0.05, 0.1) is 5.69 Å². The van der Waals surface area contributed by atoms with Crippen LogP contribution in [0.3, 0.4) is 0 Å². The van der Waals surface area contributed by atoms with Gasteiger partial charge in [-0.2, -0.15) is 4.98 Å². The maximum atomic E-state index is 10.3. The van der Waals surface area contributed by atoms with Gasteiger partial charge in [-0.3, -0.25) is 0 Å². The average Bonchev–Trinajstić information content (AvgIpc) is 2.56. The van der Waals surface area contributed by atoms with E-state index >= 15 is 0 Å². The molecule has 1 rings (SSSR count). The Bertz CT molecular complexity index is 412. The van der Waals surface area contributed by atoms with Crippen molar-refractivity contribution in [3.05, 3.63) is 16.4 Å². The van der Waals surface area contributed by atoms with Crippen LogP contribution in [0.4, 0.5) is 0 Å². The number of aromatic amines is 1. The molecule has 0 radical (unpaired) electrons. The molecule has 0 fully saturated rings. The van der Waals surface area contributed by atoms with Crippen molar-refractivity contribution < 1.29 is 14.6 Å². The molecular weight excluding hydrogens is 232 g/mol. The molecule has 0 amide bonds. The summed E-state index contributed by atoms with van der Waals surface area (Å²) in [4.78, 5) is 17.2. The van der Waals surface area contributed by atoms with Gasteiger partial charge in [0.25, 0.3) is 6.01 Å². The van der Waals surface area contributed by atoms with Crippen molar-refractivity contribution in [3.8, 4) is 6.01 Å². The van der Waals surface area contributed by atoms with Crippen molar-refractivity contribution in [1.29, 1.82) is 0 Å². The van der Waals surface area contributed by atoms with Crippen LogP contribution in [-0.4, -0.2) is 27.7 Å². The monoisotopic (exact) mass is 244 g/mol. The molecule has 0 aliphatic heterocycles. The van der Waals surface area contributed by atoms with Gasteiger partial charge in [0.15, 0.2) is 6.61 Å². The normalized spacial score (nSPS) is 11.6. The number of nitrogens with zero attached hydrogens (tertiary/aromatic N) is 1. The van der Waals surface area contributed by atoms with E-state index in [1.807, 2.05) is 13.8 Å². The Morgan fingerprint density at radius 3 is 2.94 bits per heavy atom. The number of aromatic nitrogens is 2. The maximum Gasteiger partial charge on any atom is 0.341 e. The van der Waals surface area contributed by atoms with E-state index < -0.39 is 12.6 Å². The number of nitrogens with one attached hydrogen (secondary N) is 1. The standard InChI is InChI=1S/C10H13ClN2O3/c1-3-7(11)4-8-6(2)12-10(13-8)16-5-9(14)15/h4H,3,5H2,1-2H3,(H,12,13)(H,14,15)/b7-4+. The van der Waals surface area contributed by atoms with Crippen LogP contribution in [-0.2, 0) is 4.79 Å². The molecule has 0 bridgehead atoms. The molecule has 6 heteroatoms. The molecule has 2 N–H and O–H groups in total. The van der Waals surface area contributed by atoms with E-state index in [-0.39, 0.29) is 6.01 Å². The van der Waals surface area contributed by atoms with Gasteiger partial charge >= 0.3 is 5.97 Å². The number of ether oxygens (including phenoxy) is 1. The molecule has 0 aliphatic carbocycles. The Kier molecular flexibility index (Phi) is 4.37. The highest BCUT2D eigenvalue weighted by Crippen LogP contribution is 2.17. The topological polar surface area (TPSA) is 75.2 Å². The van der Waals surface area contributed by atoms with Gasteiger partial charge < -0.3 is 14.8 Å². The molecule has 0 spiro atoms. The quantitative estimate of drug-likeness (QED) is 0.832. The highest BCUT2D eigenvalue weighted by Gasteiger charge is 2.07. The lowest BCUT2D eigenvalue weighted by Crippen LogP contribution is -2.10. The Balaban J connectivity index is 2.77. The number of H-pyrrole nitrogens is 1. The van der Waals surface area contributed by atoms with Gasteiger partial charge in [-0.15, -0.1) is 0 Å². The van der Waals surface area contributed by atoms with E-state index in [4.69, 9.17) is 21.4 Å². The van der Waals surface area contributed by atoms with Crippen LogP contribution in [0.2, 0.25) is 0 Å². The fourth-order valence-corrected chi connectivity index (χ4v) is 1.14. The molecule has 16 heavy (non-hydrogen) atoms. The van der Waals surface area contributed by atoms with Gasteiger partial charge in [0.1, 0.15) is 0 Å². The number of halogens is 1. The van der Waals surface area contributed by atoms with E-state index in [9.17, 15) is 4.79 Å². The summed E-state index contributed by atoms with van der Waals surface area (Å²) in [6.45, 7) is 3.33. The lowest BCUT2D eigenvalue weighted by atomic mass is 10.3. The van der Waals surface area contributed by atoms with Crippen molar-refractivity contribution in [2.45, 2.75) is 20.3 Å². The van der Waals surface area contributed by atoms with Crippen LogP contribution in [0.1, 0.15) is 24.7 Å². The van der Waals surface area contributed by atoms with Gasteiger partial charge in [-0.1, -0.05) is 18.5 Å². The summed E-state index contributed by atoms with van der Waals surface area (Å²) < 4.78 is 4.91. The van der Waals surface area contributed by atoms with Crippen molar-refractivity contribution in [2.75, 3.05) is 6.61 Å². The number of hydrogen-bond donors (Lipinski definition) is 2. The molecule has 0 atom stereocenters. The van der Waals surface area contributed by atoms with Crippen molar-refractivity contribution in [1.82, 2.24) is 9.97 Å². The van der Waals surface area contributed by atoms with Gasteiger partial charge in [-0.05, 0) is 19.4 Å². The average molecular weight is 245 g/mol. The Morgan fingerprint density at radius 2 is 2.38 bits per heavy atom. The number of aliphatic carboxylic acids is 1. The largest absolute Gasteiger partial charge is 0.479 e. The molecule has 5 nitrogen and oxygen atoms in total. The number of allylic oxidation sites excluding steroid dienone is 1. The van der Waals surface area contributed by atoms with Crippen LogP contribution < -0.4 is 4.74 Å². The number of carbonyl (C=O) groups is 1. The minimum atomic E-state index is -1.04. The van der Waals surface area contributed by atoms with Crippen LogP contribution in [0.25, 0.3) is 6.08 Å². The highest BCUT2D eigenvalue weighted by molar-refractivity contribution is 6.31. The molecule has 1 heterocycles. The molecule has 0 saturated heterocycles. The second-order valence-electron chi connectivity index (χ2n) is 3.18. The Labute approximate surface area is 98.1 Å². The first kappa shape index (κ1) is 12.6. The highest BCUT2D eigenvalue weighted by atomic mass is 35.5. The summed E-state index contributed by atoms with van der Waals surface area (Å²) in [5, 5.41) is 9.11. The van der Waals surface area contributed by atoms with Gasteiger partial charge in [0.2, 0.25) is 0 Å². The van der Waals surface area contributed by atoms with Crippen molar-refractivity contribution >= 4 is 23.6 Å². The zero-order valence-electron chi connectivity index (χ0n) is 9.08. The van der Waals surface area contributed by atoms with E-state index in [0.717, 1.165) is 12.1 Å². The first-order valence-corrected chi connectivity index (χ1v) is 5.18. The number of rotatable bonds is 5. The zero-order chi connectivity index (χ0) is 12.1. The lowest BCUT2D eigenvalue weighted by molar-refractivity contribution is -0.139. The summed E-state index contributed by atoms with van der Waals surface area (Å²) in [5.74, 6) is -1.04. The molecular formula is C10H13ClN2O3. The second kappa shape index (κ2) is 5.55. The number of carboxylic acid groups (broad SMARTS) is 1. The second-order valence-corrected chi connectivity index (χ2v) is 3.66. The van der Waals surface area contributed by atoms with E-state index in [2.05, 4.69) is 9.97 Å². The maximum absolute atomic E-state index is 10.3. The van der Waals surface area contributed by atoms with E-state index in [1.54, 1.807) is 6.08 Å². The van der Waals surface area contributed by atoms with Crippen LogP contribution in [0.15, 0.2) is 5.03 Å². The predicted molar refractivity (Wildman–Crippen MR) is 60.6 cm³/mol. The van der Waals surface area contributed by atoms with Gasteiger partial charge in [-0.25, -0.2) is 4.79 Å². The third-order valence-corrected chi connectivity index (χ3v) is 2.24. The van der Waals surface area contributed by atoms with Crippen LogP contribution in [0, 0.1) is 6.92 Å². The lowest BCUT2D eigenvalue weighted by Gasteiger charge is -1.95. The number of hydrogen-bond acceptors (Lipinski definition) is 3. The fraction of sp³-hybridized carbons (Fsp3) is 0.400. The molecule has 1 aromatic heterocycles. The van der Waals surface area contributed by atoms with Crippen LogP contribution >= 0.6 is 11.6 Å². The van der Waals surface area contributed by atoms with E-state index in [1.165, 1.54) is 0 Å². The molecule has 1 aromatic rings. The Hall–Kier alpha value is -1.49. The van der Waals surface area contributed by atoms with E-state index in [0.29, 0.717) is 10.7 Å². The number of imidazole rings is 1. The van der Waals surface area contributed by atoms with Gasteiger partial charge in [0, 0.05) is 10.7 Å². The predicted octanol–water partition coefficient (Wildman–Crippen LogP) is 2.17. The molecule has 88 valence electrons. The summed E-state index contributed by atoms with van der Waals surface area (Å²) in [6.07, 6.45) is 2.44. The Morgan fingerprint density at radius 1 is 1.69 bits per heavy atom. The molecule has 0 unspecified atom stereocenters. The third kappa shape index (κ3) is 3.58. The summed E-state index contributed by atoms with van der Waals surface area (Å²) in [6, 6.07) is 0.187. The number of aryl methyl sites for hydroxylation is 1. The fourth-order valence-electron chi connectivity index (χ4n) is 1.04. The minimum absolute atomic E-state index is 0.187. The van der Waals surface area contributed by atoms with Crippen molar-refractivity contribution in [2.24, 2.45) is 0 Å². The SMILES string of the molecule is CC/C(Cl)=C\c1nc(OCC(=O)O)[nH]c1C. The summed E-state index contributed by atoms with van der Waals surface area (Å²) >= 11 is 5.88. The smallest absolute Gasteiger partial charge is 0.341 e. The molecule has 0 aliphatic rings. The number of carboxylic acids is 1. The summed E-state index contributed by atoms with van der Waals surface area (Å²) in [7, 11) is 0.